The van der Waals surface area contributed by atoms with Gasteiger partial charge in [-0.2, -0.15) is 5.26 Å². The van der Waals surface area contributed by atoms with Gasteiger partial charge in [0.05, 0.1) is 11.6 Å². The minimum Gasteiger partial charge on any atom is -0.443 e. The molecular formula is C11H10N2O. The van der Waals surface area contributed by atoms with Crippen LogP contribution in [-0.4, -0.2) is 4.98 Å². The van der Waals surface area contributed by atoms with E-state index in [-0.39, 0.29) is 0 Å². The van der Waals surface area contributed by atoms with Crippen molar-refractivity contribution in [2.75, 3.05) is 0 Å². The highest BCUT2D eigenvalue weighted by atomic mass is 16.3. The fraction of sp³-hybridized carbons (Fsp3) is 0.273. The number of hydrogen-bond acceptors (Lipinski definition) is 3. The van der Waals surface area contributed by atoms with Crippen LogP contribution in [-0.2, 0) is 0 Å². The molecule has 0 radical (unpaired) electrons. The Morgan fingerprint density at radius 2 is 2.21 bits per heavy atom. The molecule has 0 aliphatic heterocycles. The maximum Gasteiger partial charge on any atom is 0.181 e. The summed E-state index contributed by atoms with van der Waals surface area (Å²) in [6.07, 6.45) is 1.41. The van der Waals surface area contributed by atoms with Crippen LogP contribution < -0.4 is 0 Å². The summed E-state index contributed by atoms with van der Waals surface area (Å²) in [7, 11) is 0. The van der Waals surface area contributed by atoms with Crippen LogP contribution in [0, 0.1) is 11.3 Å². The minimum atomic E-state index is 0.332. The first-order valence-corrected chi connectivity index (χ1v) is 4.49. The molecular weight excluding hydrogens is 176 g/mol. The molecule has 0 amide bonds. The number of hydrogen-bond donors (Lipinski definition) is 0. The average Bonchev–Trinajstić information content (AvgIpc) is 2.63. The van der Waals surface area contributed by atoms with Crippen molar-refractivity contribution >= 4 is 11.1 Å². The van der Waals surface area contributed by atoms with E-state index in [9.17, 15) is 0 Å². The second-order valence-corrected chi connectivity index (χ2v) is 3.53. The lowest BCUT2D eigenvalue weighted by Crippen LogP contribution is -1.89. The number of nitrogens with zero attached hydrogens (tertiary/aromatic N) is 2. The zero-order valence-corrected chi connectivity index (χ0v) is 8.11. The molecule has 0 saturated carbocycles. The second-order valence-electron chi connectivity index (χ2n) is 3.53. The zero-order chi connectivity index (χ0) is 10.1. The predicted molar refractivity (Wildman–Crippen MR) is 52.8 cm³/mol. The standard InChI is InChI=1S/C11H10N2O/c1-7(2)9-3-8(5-12)4-10-11(9)14-6-13-10/h3-4,6-7H,1-2H3. The lowest BCUT2D eigenvalue weighted by atomic mass is 10.00. The molecule has 0 aliphatic rings. The normalized spacial score (nSPS) is 10.7. The van der Waals surface area contributed by atoms with E-state index in [0.29, 0.717) is 11.5 Å². The number of benzene rings is 1. The Hall–Kier alpha value is -1.82. The molecule has 2 aromatic rings. The van der Waals surface area contributed by atoms with E-state index in [0.717, 1.165) is 16.7 Å². The highest BCUT2D eigenvalue weighted by Gasteiger charge is 2.10. The lowest BCUT2D eigenvalue weighted by Gasteiger charge is -2.05. The maximum atomic E-state index is 8.83. The average molecular weight is 186 g/mol. The van der Waals surface area contributed by atoms with Crippen LogP contribution >= 0.6 is 0 Å². The van der Waals surface area contributed by atoms with E-state index in [1.807, 2.05) is 6.07 Å². The molecule has 0 unspecified atom stereocenters. The van der Waals surface area contributed by atoms with Gasteiger partial charge in [0, 0.05) is 5.56 Å². The molecule has 2 rings (SSSR count). The summed E-state index contributed by atoms with van der Waals surface area (Å²) in [6.45, 7) is 4.14. The molecule has 0 fully saturated rings. The molecule has 0 bridgehead atoms. The van der Waals surface area contributed by atoms with Crippen molar-refractivity contribution in [2.24, 2.45) is 0 Å². The van der Waals surface area contributed by atoms with Crippen LogP contribution in [0.5, 0.6) is 0 Å². The number of oxazole rings is 1. The van der Waals surface area contributed by atoms with Crippen LogP contribution in [0.15, 0.2) is 22.9 Å². The van der Waals surface area contributed by atoms with Gasteiger partial charge in [-0.15, -0.1) is 0 Å². The van der Waals surface area contributed by atoms with Gasteiger partial charge in [0.2, 0.25) is 0 Å². The molecule has 0 aliphatic carbocycles. The van der Waals surface area contributed by atoms with Crippen molar-refractivity contribution in [3.63, 3.8) is 0 Å². The van der Waals surface area contributed by atoms with Gasteiger partial charge in [-0.25, -0.2) is 4.98 Å². The van der Waals surface area contributed by atoms with Crippen LogP contribution in [0.4, 0.5) is 0 Å². The van der Waals surface area contributed by atoms with Gasteiger partial charge in [0.25, 0.3) is 0 Å². The summed E-state index contributed by atoms with van der Waals surface area (Å²) in [5.74, 6) is 0.332. The van der Waals surface area contributed by atoms with E-state index >= 15 is 0 Å². The molecule has 70 valence electrons. The van der Waals surface area contributed by atoms with Crippen LogP contribution in [0.25, 0.3) is 11.1 Å². The van der Waals surface area contributed by atoms with E-state index in [1.54, 1.807) is 6.07 Å². The van der Waals surface area contributed by atoms with Gasteiger partial charge in [0.15, 0.2) is 12.0 Å². The summed E-state index contributed by atoms with van der Waals surface area (Å²) >= 11 is 0. The molecule has 1 aromatic heterocycles. The Labute approximate surface area is 82.0 Å². The number of nitriles is 1. The van der Waals surface area contributed by atoms with Gasteiger partial charge in [-0.3, -0.25) is 0 Å². The van der Waals surface area contributed by atoms with Gasteiger partial charge in [-0.1, -0.05) is 13.8 Å². The predicted octanol–water partition coefficient (Wildman–Crippen LogP) is 2.82. The molecule has 3 heteroatoms. The molecule has 0 spiro atoms. The summed E-state index contributed by atoms with van der Waals surface area (Å²) in [6, 6.07) is 5.72. The Morgan fingerprint density at radius 1 is 1.43 bits per heavy atom. The first-order valence-electron chi connectivity index (χ1n) is 4.49. The molecule has 0 saturated heterocycles. The summed E-state index contributed by atoms with van der Waals surface area (Å²) < 4.78 is 5.29. The third-order valence-electron chi connectivity index (χ3n) is 2.21. The third kappa shape index (κ3) is 1.25. The summed E-state index contributed by atoms with van der Waals surface area (Å²) in [5.41, 5.74) is 3.22. The fourth-order valence-electron chi connectivity index (χ4n) is 1.49. The van der Waals surface area contributed by atoms with Gasteiger partial charge in [0.1, 0.15) is 5.52 Å². The van der Waals surface area contributed by atoms with Crippen molar-refractivity contribution in [1.29, 1.82) is 5.26 Å². The summed E-state index contributed by atoms with van der Waals surface area (Å²) in [5, 5.41) is 8.83. The molecule has 0 atom stereocenters. The van der Waals surface area contributed by atoms with E-state index in [2.05, 4.69) is 24.9 Å². The third-order valence-corrected chi connectivity index (χ3v) is 2.21. The van der Waals surface area contributed by atoms with Gasteiger partial charge in [-0.05, 0) is 18.1 Å². The highest BCUT2D eigenvalue weighted by molar-refractivity contribution is 5.78. The fourth-order valence-corrected chi connectivity index (χ4v) is 1.49. The number of fused-ring (bicyclic) bond motifs is 1. The lowest BCUT2D eigenvalue weighted by molar-refractivity contribution is 0.594. The van der Waals surface area contributed by atoms with Crippen molar-refractivity contribution in [3.05, 3.63) is 29.7 Å². The Kier molecular flexibility index (Phi) is 1.97. The van der Waals surface area contributed by atoms with E-state index < -0.39 is 0 Å². The van der Waals surface area contributed by atoms with Gasteiger partial charge < -0.3 is 4.42 Å². The Bertz CT molecular complexity index is 505. The first-order chi connectivity index (χ1) is 6.72. The minimum absolute atomic E-state index is 0.332. The Balaban J connectivity index is 2.78. The SMILES string of the molecule is CC(C)c1cc(C#N)cc2ncoc12. The molecule has 14 heavy (non-hydrogen) atoms. The van der Waals surface area contributed by atoms with Crippen molar-refractivity contribution in [1.82, 2.24) is 4.98 Å². The zero-order valence-electron chi connectivity index (χ0n) is 8.11. The topological polar surface area (TPSA) is 49.8 Å². The van der Waals surface area contributed by atoms with Crippen LogP contribution in [0.1, 0.15) is 30.9 Å². The van der Waals surface area contributed by atoms with Gasteiger partial charge >= 0.3 is 0 Å². The quantitative estimate of drug-likeness (QED) is 0.688. The van der Waals surface area contributed by atoms with E-state index in [4.69, 9.17) is 9.68 Å². The smallest absolute Gasteiger partial charge is 0.181 e. The Morgan fingerprint density at radius 3 is 2.86 bits per heavy atom. The molecule has 3 nitrogen and oxygen atoms in total. The van der Waals surface area contributed by atoms with Crippen LogP contribution in [0.2, 0.25) is 0 Å². The van der Waals surface area contributed by atoms with Crippen LogP contribution in [0.3, 0.4) is 0 Å². The number of aromatic nitrogens is 1. The number of rotatable bonds is 1. The largest absolute Gasteiger partial charge is 0.443 e. The molecule has 0 N–H and O–H groups in total. The van der Waals surface area contributed by atoms with E-state index in [1.165, 1.54) is 6.39 Å². The monoisotopic (exact) mass is 186 g/mol. The maximum absolute atomic E-state index is 8.83. The van der Waals surface area contributed by atoms with Crippen molar-refractivity contribution < 1.29 is 4.42 Å². The first kappa shape index (κ1) is 8.76. The van der Waals surface area contributed by atoms with Crippen molar-refractivity contribution in [3.8, 4) is 6.07 Å². The molecule has 1 heterocycles. The highest BCUT2D eigenvalue weighted by Crippen LogP contribution is 2.26. The summed E-state index contributed by atoms with van der Waals surface area (Å²) in [4.78, 5) is 4.05. The second kappa shape index (κ2) is 3.15. The molecule has 1 aromatic carbocycles. The van der Waals surface area contributed by atoms with Crippen molar-refractivity contribution in [2.45, 2.75) is 19.8 Å².